The van der Waals surface area contributed by atoms with E-state index in [1.807, 2.05) is 0 Å². The van der Waals surface area contributed by atoms with E-state index in [-0.39, 0.29) is 10.7 Å². The first kappa shape index (κ1) is 11.9. The highest BCUT2D eigenvalue weighted by atomic mass is 35.5. The molecule has 86 valence electrons. The summed E-state index contributed by atoms with van der Waals surface area (Å²) in [5.74, 6) is -1.10. The normalized spacial score (nSPS) is 10.2. The molecule has 1 heterocycles. The standard InChI is InChI=1S/C12H7Cl2NO2/c13-8-3-1-7(2-4-8)9-5-6-15-11(14)10(9)12(16)17/h1-6H,(H,16,17). The van der Waals surface area contributed by atoms with Crippen LogP contribution in [0.3, 0.4) is 0 Å². The van der Waals surface area contributed by atoms with E-state index in [1.165, 1.54) is 6.20 Å². The zero-order valence-corrected chi connectivity index (χ0v) is 10.0. The van der Waals surface area contributed by atoms with Gasteiger partial charge >= 0.3 is 5.97 Å². The fourth-order valence-electron chi connectivity index (χ4n) is 1.51. The van der Waals surface area contributed by atoms with Gasteiger partial charge < -0.3 is 5.11 Å². The fraction of sp³-hybridized carbons (Fsp3) is 0. The molecule has 0 spiro atoms. The number of hydrogen-bond acceptors (Lipinski definition) is 2. The van der Waals surface area contributed by atoms with Crippen LogP contribution in [-0.4, -0.2) is 16.1 Å². The molecule has 0 amide bonds. The van der Waals surface area contributed by atoms with Crippen LogP contribution >= 0.6 is 23.2 Å². The monoisotopic (exact) mass is 267 g/mol. The highest BCUT2D eigenvalue weighted by molar-refractivity contribution is 6.33. The third kappa shape index (κ3) is 2.40. The van der Waals surface area contributed by atoms with Gasteiger partial charge in [0.15, 0.2) is 0 Å². The number of pyridine rings is 1. The number of aromatic nitrogens is 1. The predicted octanol–water partition coefficient (Wildman–Crippen LogP) is 3.75. The van der Waals surface area contributed by atoms with E-state index in [0.29, 0.717) is 10.6 Å². The van der Waals surface area contributed by atoms with Crippen molar-refractivity contribution in [1.29, 1.82) is 0 Å². The van der Waals surface area contributed by atoms with Gasteiger partial charge in [-0.25, -0.2) is 9.78 Å². The Morgan fingerprint density at radius 1 is 1.12 bits per heavy atom. The zero-order valence-electron chi connectivity index (χ0n) is 8.52. The lowest BCUT2D eigenvalue weighted by molar-refractivity contribution is 0.0697. The predicted molar refractivity (Wildman–Crippen MR) is 66.7 cm³/mol. The smallest absolute Gasteiger partial charge is 0.339 e. The molecule has 5 heteroatoms. The van der Waals surface area contributed by atoms with Gasteiger partial charge in [-0.05, 0) is 23.8 Å². The van der Waals surface area contributed by atoms with Gasteiger partial charge in [-0.2, -0.15) is 0 Å². The summed E-state index contributed by atoms with van der Waals surface area (Å²) in [5.41, 5.74) is 1.25. The Morgan fingerprint density at radius 2 is 1.76 bits per heavy atom. The molecule has 17 heavy (non-hydrogen) atoms. The minimum absolute atomic E-state index is 0.00325. The second kappa shape index (κ2) is 4.73. The molecule has 0 aliphatic carbocycles. The van der Waals surface area contributed by atoms with Gasteiger partial charge in [-0.1, -0.05) is 35.3 Å². The largest absolute Gasteiger partial charge is 0.478 e. The Bertz CT molecular complexity index is 567. The number of nitrogens with zero attached hydrogens (tertiary/aromatic N) is 1. The Kier molecular flexibility index (Phi) is 3.31. The van der Waals surface area contributed by atoms with Crippen molar-refractivity contribution in [2.24, 2.45) is 0 Å². The number of benzene rings is 1. The number of rotatable bonds is 2. The first-order valence-corrected chi connectivity index (χ1v) is 5.49. The van der Waals surface area contributed by atoms with Crippen molar-refractivity contribution < 1.29 is 9.90 Å². The molecule has 3 nitrogen and oxygen atoms in total. The van der Waals surface area contributed by atoms with Crippen LogP contribution in [0.4, 0.5) is 0 Å². The molecule has 2 aromatic rings. The molecular formula is C12H7Cl2NO2. The first-order valence-electron chi connectivity index (χ1n) is 4.73. The van der Waals surface area contributed by atoms with Crippen LogP contribution in [0.15, 0.2) is 36.5 Å². The highest BCUT2D eigenvalue weighted by Gasteiger charge is 2.16. The average Bonchev–Trinajstić information content (AvgIpc) is 2.29. The average molecular weight is 268 g/mol. The van der Waals surface area contributed by atoms with Crippen LogP contribution < -0.4 is 0 Å². The summed E-state index contributed by atoms with van der Waals surface area (Å²) >= 11 is 11.6. The lowest BCUT2D eigenvalue weighted by Crippen LogP contribution is -2.02. The number of carbonyl (C=O) groups is 1. The van der Waals surface area contributed by atoms with Crippen LogP contribution in [0.25, 0.3) is 11.1 Å². The third-order valence-electron chi connectivity index (χ3n) is 2.27. The number of carboxylic acids is 1. The molecule has 2 rings (SSSR count). The van der Waals surface area contributed by atoms with E-state index >= 15 is 0 Å². The molecule has 0 radical (unpaired) electrons. The van der Waals surface area contributed by atoms with Crippen molar-refractivity contribution in [2.75, 3.05) is 0 Å². The number of carboxylic acid groups (broad SMARTS) is 1. The lowest BCUT2D eigenvalue weighted by Gasteiger charge is -2.07. The number of aromatic carboxylic acids is 1. The SMILES string of the molecule is O=C(O)c1c(-c2ccc(Cl)cc2)ccnc1Cl. The topological polar surface area (TPSA) is 50.2 Å². The summed E-state index contributed by atoms with van der Waals surface area (Å²) in [6, 6.07) is 8.47. The van der Waals surface area contributed by atoms with E-state index in [0.717, 1.165) is 5.56 Å². The van der Waals surface area contributed by atoms with E-state index in [2.05, 4.69) is 4.98 Å². The van der Waals surface area contributed by atoms with Crippen molar-refractivity contribution >= 4 is 29.2 Å². The summed E-state index contributed by atoms with van der Waals surface area (Å²) in [6.45, 7) is 0. The molecule has 1 N–H and O–H groups in total. The van der Waals surface area contributed by atoms with Crippen LogP contribution in [-0.2, 0) is 0 Å². The second-order valence-corrected chi connectivity index (χ2v) is 4.13. The van der Waals surface area contributed by atoms with Gasteiger partial charge in [0.2, 0.25) is 0 Å². The van der Waals surface area contributed by atoms with Gasteiger partial charge in [-0.3, -0.25) is 0 Å². The second-order valence-electron chi connectivity index (χ2n) is 3.34. The van der Waals surface area contributed by atoms with Crippen molar-refractivity contribution in [3.8, 4) is 11.1 Å². The molecule has 0 bridgehead atoms. The van der Waals surface area contributed by atoms with Crippen LogP contribution in [0.5, 0.6) is 0 Å². The molecular weight excluding hydrogens is 261 g/mol. The van der Waals surface area contributed by atoms with Gasteiger partial charge in [0.05, 0.1) is 0 Å². The highest BCUT2D eigenvalue weighted by Crippen LogP contribution is 2.28. The minimum atomic E-state index is -1.10. The van der Waals surface area contributed by atoms with Crippen LogP contribution in [0.2, 0.25) is 10.2 Å². The van der Waals surface area contributed by atoms with Gasteiger partial charge in [-0.15, -0.1) is 0 Å². The van der Waals surface area contributed by atoms with Crippen molar-refractivity contribution in [1.82, 2.24) is 4.98 Å². The molecule has 0 aliphatic heterocycles. The fourth-order valence-corrected chi connectivity index (χ4v) is 1.87. The molecule has 1 aromatic heterocycles. The zero-order chi connectivity index (χ0) is 12.4. The lowest BCUT2D eigenvalue weighted by atomic mass is 10.0. The third-order valence-corrected chi connectivity index (χ3v) is 2.81. The van der Waals surface area contributed by atoms with E-state index in [4.69, 9.17) is 28.3 Å². The van der Waals surface area contributed by atoms with E-state index in [9.17, 15) is 4.79 Å². The van der Waals surface area contributed by atoms with Gasteiger partial charge in [0.1, 0.15) is 10.7 Å². The van der Waals surface area contributed by atoms with Crippen molar-refractivity contribution in [3.63, 3.8) is 0 Å². The Labute approximate surface area is 108 Å². The quantitative estimate of drug-likeness (QED) is 0.844. The van der Waals surface area contributed by atoms with Gasteiger partial charge in [0.25, 0.3) is 0 Å². The maximum Gasteiger partial charge on any atom is 0.339 e. The minimum Gasteiger partial charge on any atom is -0.478 e. The molecule has 0 fully saturated rings. The van der Waals surface area contributed by atoms with E-state index < -0.39 is 5.97 Å². The van der Waals surface area contributed by atoms with Crippen molar-refractivity contribution in [3.05, 3.63) is 52.3 Å². The van der Waals surface area contributed by atoms with E-state index in [1.54, 1.807) is 30.3 Å². The summed E-state index contributed by atoms with van der Waals surface area (Å²) in [4.78, 5) is 14.9. The molecule has 1 aromatic carbocycles. The van der Waals surface area contributed by atoms with Crippen LogP contribution in [0.1, 0.15) is 10.4 Å². The molecule has 0 unspecified atom stereocenters. The maximum absolute atomic E-state index is 11.1. The molecule has 0 saturated carbocycles. The summed E-state index contributed by atoms with van der Waals surface area (Å²) < 4.78 is 0. The number of halogens is 2. The number of hydrogen-bond donors (Lipinski definition) is 1. The first-order chi connectivity index (χ1) is 8.09. The summed E-state index contributed by atoms with van der Waals surface area (Å²) in [5, 5.41) is 9.68. The molecule has 0 aliphatic rings. The summed E-state index contributed by atoms with van der Waals surface area (Å²) in [7, 11) is 0. The maximum atomic E-state index is 11.1. The van der Waals surface area contributed by atoms with Crippen LogP contribution in [0, 0.1) is 0 Å². The molecule has 0 atom stereocenters. The Hall–Kier alpha value is -1.58. The van der Waals surface area contributed by atoms with Gasteiger partial charge in [0, 0.05) is 16.8 Å². The Balaban J connectivity index is 2.63. The summed E-state index contributed by atoms with van der Waals surface area (Å²) in [6.07, 6.45) is 1.47. The van der Waals surface area contributed by atoms with Crippen molar-refractivity contribution in [2.45, 2.75) is 0 Å². The Morgan fingerprint density at radius 3 is 2.35 bits per heavy atom. The molecule has 0 saturated heterocycles.